The van der Waals surface area contributed by atoms with Gasteiger partial charge in [-0.1, -0.05) is 74.8 Å². The van der Waals surface area contributed by atoms with Gasteiger partial charge in [0, 0.05) is 0 Å². The Hall–Kier alpha value is 1.01. The molecular formula is C16H33Cl3O10P2. The van der Waals surface area contributed by atoms with Gasteiger partial charge in [-0.15, -0.1) is 0 Å². The molecule has 2 N–H and O–H groups in total. The van der Waals surface area contributed by atoms with Crippen molar-refractivity contribution in [3.8, 4) is 0 Å². The molecular weight excluding hydrogens is 520 g/mol. The Labute approximate surface area is 198 Å². The molecule has 1 atom stereocenters. The van der Waals surface area contributed by atoms with Crippen LogP contribution in [0, 0.1) is 0 Å². The van der Waals surface area contributed by atoms with E-state index in [1.165, 1.54) is 0 Å². The van der Waals surface area contributed by atoms with Crippen molar-refractivity contribution in [3.63, 3.8) is 0 Å². The molecule has 0 radical (unpaired) electrons. The summed E-state index contributed by atoms with van der Waals surface area (Å²) in [7, 11) is -10.2. The van der Waals surface area contributed by atoms with Gasteiger partial charge in [-0.05, 0) is 19.3 Å². The van der Waals surface area contributed by atoms with Crippen LogP contribution in [0.15, 0.2) is 0 Å². The van der Waals surface area contributed by atoms with Crippen molar-refractivity contribution in [2.75, 3.05) is 33.0 Å². The van der Waals surface area contributed by atoms with Gasteiger partial charge in [0.1, 0.15) is 13.2 Å². The van der Waals surface area contributed by atoms with E-state index in [9.17, 15) is 9.13 Å². The normalized spacial score (nSPS) is 15.2. The number of unbranched alkanes of at least 4 members (excludes halogenated alkanes) is 3. The van der Waals surface area contributed by atoms with Gasteiger partial charge in [0.05, 0.1) is 19.8 Å². The lowest BCUT2D eigenvalue weighted by molar-refractivity contribution is -0.390. The van der Waals surface area contributed by atoms with Crippen LogP contribution in [0.1, 0.15) is 59.3 Å². The molecule has 0 aromatic rings. The average Bonchev–Trinajstić information content (AvgIpc) is 2.64. The summed E-state index contributed by atoms with van der Waals surface area (Å²) < 4.78 is 53.5. The number of alkyl halides is 3. The Morgan fingerprint density at radius 1 is 0.742 bits per heavy atom. The Morgan fingerprint density at radius 2 is 1.13 bits per heavy atom. The molecule has 0 bridgehead atoms. The minimum Gasteiger partial charge on any atom is -0.326 e. The molecule has 10 nitrogen and oxygen atoms in total. The Kier molecular flexibility index (Phi) is 16.3. The number of hydrogen-bond donors (Lipinski definition) is 2. The number of halogens is 3. The summed E-state index contributed by atoms with van der Waals surface area (Å²) in [4.78, 5) is 18.2. The third kappa shape index (κ3) is 17.1. The van der Waals surface area contributed by atoms with Crippen LogP contribution in [0.25, 0.3) is 0 Å². The molecule has 0 spiro atoms. The Morgan fingerprint density at radius 3 is 1.45 bits per heavy atom. The summed E-state index contributed by atoms with van der Waals surface area (Å²) in [5.41, 5.74) is 0. The van der Waals surface area contributed by atoms with E-state index in [0.717, 1.165) is 19.3 Å². The van der Waals surface area contributed by atoms with Crippen molar-refractivity contribution in [2.45, 2.75) is 69.1 Å². The average molecular weight is 554 g/mol. The van der Waals surface area contributed by atoms with Gasteiger partial charge in [0.15, 0.2) is 0 Å². The summed E-state index contributed by atoms with van der Waals surface area (Å²) in [6, 6.07) is 0. The fourth-order valence-electron chi connectivity index (χ4n) is 1.89. The lowest BCUT2D eigenvalue weighted by Gasteiger charge is -2.34. The van der Waals surface area contributed by atoms with E-state index < -0.39 is 38.6 Å². The van der Waals surface area contributed by atoms with E-state index in [1.807, 2.05) is 20.8 Å². The molecule has 0 amide bonds. The summed E-state index contributed by atoms with van der Waals surface area (Å²) in [5.74, 6) is -1.79. The smallest absolute Gasteiger partial charge is 0.326 e. The molecule has 31 heavy (non-hydrogen) atoms. The van der Waals surface area contributed by atoms with Crippen molar-refractivity contribution < 1.29 is 46.5 Å². The molecule has 0 aliphatic rings. The molecule has 0 aromatic carbocycles. The van der Waals surface area contributed by atoms with Crippen molar-refractivity contribution in [1.29, 1.82) is 0 Å². The van der Waals surface area contributed by atoms with E-state index in [4.69, 9.17) is 67.8 Å². The Balaban J connectivity index is 5.59. The molecule has 15 heteroatoms. The third-order valence-electron chi connectivity index (χ3n) is 3.45. The predicted octanol–water partition coefficient (Wildman–Crippen LogP) is 5.71. The van der Waals surface area contributed by atoms with Crippen molar-refractivity contribution >= 4 is 50.4 Å². The van der Waals surface area contributed by atoms with Gasteiger partial charge in [0.25, 0.3) is 0 Å². The molecule has 0 rings (SSSR count). The zero-order valence-electron chi connectivity index (χ0n) is 18.0. The molecule has 0 aliphatic heterocycles. The van der Waals surface area contributed by atoms with E-state index in [1.54, 1.807) is 0 Å². The van der Waals surface area contributed by atoms with Gasteiger partial charge in [-0.3, -0.25) is 9.05 Å². The lowest BCUT2D eigenvalue weighted by Crippen LogP contribution is -2.44. The first-order chi connectivity index (χ1) is 14.3. The maximum absolute atomic E-state index is 12.8. The quantitative estimate of drug-likeness (QED) is 0.0887. The van der Waals surface area contributed by atoms with E-state index in [2.05, 4.69) is 4.31 Å². The molecule has 188 valence electrons. The molecule has 0 saturated carbocycles. The lowest BCUT2D eigenvalue weighted by atomic mass is 10.3. The van der Waals surface area contributed by atoms with E-state index >= 15 is 0 Å². The second kappa shape index (κ2) is 15.8. The Bertz CT molecular complexity index is 544. The van der Waals surface area contributed by atoms with Gasteiger partial charge >= 0.3 is 21.6 Å². The number of phosphoric ester groups is 1. The summed E-state index contributed by atoms with van der Waals surface area (Å²) in [5, 5.41) is 0. The SMILES string of the molecule is CCCCOC(COP(=O)(OCC(Cl)(Cl)Cl)OP(=O)(O)O)(OCCCC)OCCCC. The second-order valence-electron chi connectivity index (χ2n) is 6.47. The van der Waals surface area contributed by atoms with Crippen LogP contribution in [-0.2, 0) is 36.7 Å². The van der Waals surface area contributed by atoms with E-state index in [-0.39, 0.29) is 19.8 Å². The summed E-state index contributed by atoms with van der Waals surface area (Å²) in [6.45, 7) is 5.08. The number of rotatable bonds is 19. The first kappa shape index (κ1) is 32.0. The highest BCUT2D eigenvalue weighted by atomic mass is 35.6. The summed E-state index contributed by atoms with van der Waals surface area (Å²) in [6.07, 6.45) is 4.51. The number of hydrogen-bond acceptors (Lipinski definition) is 8. The first-order valence-corrected chi connectivity index (χ1v) is 14.1. The largest absolute Gasteiger partial charge is 0.484 e. The topological polar surface area (TPSA) is 130 Å². The van der Waals surface area contributed by atoms with Gasteiger partial charge in [-0.2, -0.15) is 4.31 Å². The molecule has 1 unspecified atom stereocenters. The molecule has 0 fully saturated rings. The van der Waals surface area contributed by atoms with Gasteiger partial charge in [-0.25, -0.2) is 9.13 Å². The molecule has 0 heterocycles. The highest BCUT2D eigenvalue weighted by molar-refractivity contribution is 7.61. The van der Waals surface area contributed by atoms with E-state index in [0.29, 0.717) is 19.3 Å². The first-order valence-electron chi connectivity index (χ1n) is 9.95. The minimum absolute atomic E-state index is 0.233. The van der Waals surface area contributed by atoms with Crippen LogP contribution in [0.4, 0.5) is 0 Å². The van der Waals surface area contributed by atoms with Gasteiger partial charge < -0.3 is 24.0 Å². The van der Waals surface area contributed by atoms with Crippen LogP contribution < -0.4 is 0 Å². The second-order valence-corrected chi connectivity index (χ2v) is 12.0. The fraction of sp³-hybridized carbons (Fsp3) is 1.00. The van der Waals surface area contributed by atoms with Crippen molar-refractivity contribution in [2.24, 2.45) is 0 Å². The zero-order chi connectivity index (χ0) is 24.0. The monoisotopic (exact) mass is 552 g/mol. The summed E-state index contributed by atoms with van der Waals surface area (Å²) >= 11 is 16.7. The van der Waals surface area contributed by atoms with Crippen LogP contribution >= 0.6 is 50.4 Å². The van der Waals surface area contributed by atoms with Crippen molar-refractivity contribution in [1.82, 2.24) is 0 Å². The van der Waals surface area contributed by atoms with Crippen molar-refractivity contribution in [3.05, 3.63) is 0 Å². The zero-order valence-corrected chi connectivity index (χ0v) is 22.0. The maximum atomic E-state index is 12.8. The van der Waals surface area contributed by atoms with Crippen LogP contribution in [-0.4, -0.2) is 52.6 Å². The fourth-order valence-corrected chi connectivity index (χ4v) is 4.44. The van der Waals surface area contributed by atoms with Gasteiger partial charge in [0.2, 0.25) is 3.79 Å². The maximum Gasteiger partial charge on any atom is 0.484 e. The molecule has 0 saturated heterocycles. The molecule has 0 aromatic heterocycles. The third-order valence-corrected chi connectivity index (χ3v) is 6.32. The van der Waals surface area contributed by atoms with Crippen LogP contribution in [0.2, 0.25) is 0 Å². The highest BCUT2D eigenvalue weighted by Crippen LogP contribution is 2.62. The number of ether oxygens (including phenoxy) is 3. The number of phosphoric acid groups is 2. The van der Waals surface area contributed by atoms with Crippen LogP contribution in [0.5, 0.6) is 0 Å². The standard InChI is InChI=1S/C16H33Cl3O10P2/c1-4-7-10-24-16(25-11-8-5-2,26-12-9-6-3)14-28-31(23,29-30(20,21)22)27-13-15(17,18)19/h4-14H2,1-3H3,(H2,20,21,22). The predicted molar refractivity (Wildman–Crippen MR) is 118 cm³/mol. The molecule has 0 aliphatic carbocycles. The van der Waals surface area contributed by atoms with Crippen LogP contribution in [0.3, 0.4) is 0 Å². The minimum atomic E-state index is -5.29. The highest BCUT2D eigenvalue weighted by Gasteiger charge is 2.43.